The van der Waals surface area contributed by atoms with E-state index in [2.05, 4.69) is 15.3 Å². The third kappa shape index (κ3) is 3.46. The van der Waals surface area contributed by atoms with E-state index in [1.807, 2.05) is 30.3 Å². The zero-order chi connectivity index (χ0) is 21.3. The number of esters is 1. The number of aromatic amines is 1. The molecular weight excluding hydrogens is 403 g/mol. The molecule has 0 saturated heterocycles. The monoisotopic (exact) mass is 422 g/mol. The van der Waals surface area contributed by atoms with Gasteiger partial charge in [-0.05, 0) is 30.8 Å². The van der Waals surface area contributed by atoms with E-state index in [0.717, 1.165) is 5.56 Å². The second-order valence-corrected chi connectivity index (χ2v) is 7.06. The Morgan fingerprint density at radius 1 is 1.20 bits per heavy atom. The molecule has 2 aromatic carbocycles. The number of ether oxygens (including phenoxy) is 1. The number of hydrogen-bond donors (Lipinski definition) is 3. The minimum Gasteiger partial charge on any atom is -0.463 e. The molecule has 3 aromatic rings. The lowest BCUT2D eigenvalue weighted by Gasteiger charge is -2.31. The van der Waals surface area contributed by atoms with Crippen LogP contribution in [0.3, 0.4) is 0 Å². The van der Waals surface area contributed by atoms with Crippen LogP contribution in [0.4, 0.5) is 16.0 Å². The number of hydrogen-bond acceptors (Lipinski definition) is 6. The number of nitrogens with zero attached hydrogens (tertiary/aromatic N) is 1. The SMILES string of the molecule is CCOC(=O)C1=C(c2ccccc2)Nc2nc(=S)[nH]c(N)c2C1c1ccccc1F. The Balaban J connectivity index is 2.08. The molecule has 0 bridgehead atoms. The Morgan fingerprint density at radius 2 is 1.90 bits per heavy atom. The average molecular weight is 422 g/mol. The van der Waals surface area contributed by atoms with Gasteiger partial charge in [-0.1, -0.05) is 48.5 Å². The van der Waals surface area contributed by atoms with Gasteiger partial charge in [0.1, 0.15) is 17.5 Å². The summed E-state index contributed by atoms with van der Waals surface area (Å²) in [6, 6.07) is 15.5. The van der Waals surface area contributed by atoms with E-state index in [1.54, 1.807) is 25.1 Å². The van der Waals surface area contributed by atoms with Crippen molar-refractivity contribution in [2.45, 2.75) is 12.8 Å². The van der Waals surface area contributed by atoms with E-state index >= 15 is 0 Å². The quantitative estimate of drug-likeness (QED) is 0.427. The van der Waals surface area contributed by atoms with E-state index < -0.39 is 17.7 Å². The van der Waals surface area contributed by atoms with Gasteiger partial charge >= 0.3 is 5.97 Å². The number of anilines is 2. The second-order valence-electron chi connectivity index (χ2n) is 6.67. The number of nitrogens with two attached hydrogens (primary N) is 1. The van der Waals surface area contributed by atoms with Gasteiger partial charge in [0.15, 0.2) is 4.77 Å². The topological polar surface area (TPSA) is 93.0 Å². The lowest BCUT2D eigenvalue weighted by Crippen LogP contribution is -2.27. The number of aromatic nitrogens is 2. The summed E-state index contributed by atoms with van der Waals surface area (Å²) in [6.07, 6.45) is 0. The Kier molecular flexibility index (Phi) is 5.33. The van der Waals surface area contributed by atoms with E-state index in [0.29, 0.717) is 17.1 Å². The number of carbonyl (C=O) groups excluding carboxylic acids is 1. The van der Waals surface area contributed by atoms with Gasteiger partial charge in [0.2, 0.25) is 0 Å². The van der Waals surface area contributed by atoms with Crippen molar-refractivity contribution in [2.24, 2.45) is 0 Å². The number of halogens is 1. The predicted octanol–water partition coefficient (Wildman–Crippen LogP) is 4.39. The first kappa shape index (κ1) is 19.8. The smallest absolute Gasteiger partial charge is 0.337 e. The lowest BCUT2D eigenvalue weighted by molar-refractivity contribution is -0.138. The maximum Gasteiger partial charge on any atom is 0.337 e. The number of H-pyrrole nitrogens is 1. The van der Waals surface area contributed by atoms with E-state index in [1.165, 1.54) is 6.07 Å². The van der Waals surface area contributed by atoms with Crippen molar-refractivity contribution in [3.05, 3.63) is 87.4 Å². The lowest BCUT2D eigenvalue weighted by atomic mass is 9.80. The number of nitrogen functional groups attached to an aromatic ring is 1. The summed E-state index contributed by atoms with van der Waals surface area (Å²) in [5, 5.41) is 3.18. The van der Waals surface area contributed by atoms with E-state index in [9.17, 15) is 9.18 Å². The van der Waals surface area contributed by atoms with Gasteiger partial charge in [0, 0.05) is 11.1 Å². The fraction of sp³-hybridized carbons (Fsp3) is 0.136. The summed E-state index contributed by atoms with van der Waals surface area (Å²) < 4.78 is 20.5. The molecule has 4 rings (SSSR count). The van der Waals surface area contributed by atoms with Crippen LogP contribution in [0, 0.1) is 10.6 Å². The molecule has 0 amide bonds. The highest BCUT2D eigenvalue weighted by molar-refractivity contribution is 7.71. The molecule has 0 radical (unpaired) electrons. The summed E-state index contributed by atoms with van der Waals surface area (Å²) in [5.41, 5.74) is 8.42. The van der Waals surface area contributed by atoms with Gasteiger partial charge in [0.05, 0.1) is 23.8 Å². The summed E-state index contributed by atoms with van der Waals surface area (Å²) in [6.45, 7) is 1.89. The molecule has 2 heterocycles. The average Bonchev–Trinajstić information content (AvgIpc) is 2.73. The van der Waals surface area contributed by atoms with Crippen LogP contribution in [-0.4, -0.2) is 22.5 Å². The Bertz CT molecular complexity index is 1210. The van der Waals surface area contributed by atoms with Crippen molar-refractivity contribution in [3.8, 4) is 0 Å². The maximum absolute atomic E-state index is 14.9. The molecule has 8 heteroatoms. The molecule has 0 fully saturated rings. The first-order valence-corrected chi connectivity index (χ1v) is 9.80. The standard InChI is InChI=1S/C22H19FN4O2S/c1-2-29-21(28)16-15(13-10-6-7-11-14(13)23)17-19(24)26-22(30)27-20(17)25-18(16)12-8-4-3-5-9-12/h3-11,15H,2H2,1H3,(H4,24,25,26,27,30). The third-order valence-corrected chi connectivity index (χ3v) is 5.06. The van der Waals surface area contributed by atoms with Crippen LogP contribution in [0.25, 0.3) is 5.70 Å². The van der Waals surface area contributed by atoms with Gasteiger partial charge in [-0.25, -0.2) is 14.2 Å². The van der Waals surface area contributed by atoms with E-state index in [4.69, 9.17) is 22.7 Å². The molecule has 4 N–H and O–H groups in total. The highest BCUT2D eigenvalue weighted by Crippen LogP contribution is 2.46. The fourth-order valence-electron chi connectivity index (χ4n) is 3.64. The number of carbonyl (C=O) groups is 1. The zero-order valence-corrected chi connectivity index (χ0v) is 16.9. The fourth-order valence-corrected chi connectivity index (χ4v) is 3.84. The number of nitrogens with one attached hydrogen (secondary N) is 2. The van der Waals surface area contributed by atoms with Crippen molar-refractivity contribution in [2.75, 3.05) is 17.7 Å². The van der Waals surface area contributed by atoms with Crippen LogP contribution in [0.2, 0.25) is 0 Å². The molecule has 1 aliphatic rings. The third-order valence-electron chi connectivity index (χ3n) is 4.86. The Hall–Kier alpha value is -3.52. The van der Waals surface area contributed by atoms with E-state index in [-0.39, 0.29) is 28.3 Å². The first-order chi connectivity index (χ1) is 14.5. The van der Waals surface area contributed by atoms with Crippen molar-refractivity contribution in [1.29, 1.82) is 0 Å². The van der Waals surface area contributed by atoms with Crippen LogP contribution in [0.15, 0.2) is 60.2 Å². The van der Waals surface area contributed by atoms with Crippen LogP contribution in [0.5, 0.6) is 0 Å². The van der Waals surface area contributed by atoms with Crippen molar-refractivity contribution in [1.82, 2.24) is 9.97 Å². The Labute approximate surface area is 177 Å². The molecular formula is C22H19FN4O2S. The molecule has 0 spiro atoms. The molecule has 6 nitrogen and oxygen atoms in total. The van der Waals surface area contributed by atoms with Gasteiger partial charge in [0.25, 0.3) is 0 Å². The summed E-state index contributed by atoms with van der Waals surface area (Å²) >= 11 is 5.18. The minimum absolute atomic E-state index is 0.173. The molecule has 1 unspecified atom stereocenters. The summed E-state index contributed by atoms with van der Waals surface area (Å²) in [4.78, 5) is 20.3. The number of benzene rings is 2. The molecule has 1 atom stereocenters. The van der Waals surface area contributed by atoms with Gasteiger partial charge in [-0.3, -0.25) is 0 Å². The van der Waals surface area contributed by atoms with Gasteiger partial charge in [-0.15, -0.1) is 0 Å². The molecule has 152 valence electrons. The largest absolute Gasteiger partial charge is 0.463 e. The van der Waals surface area contributed by atoms with Gasteiger partial charge < -0.3 is 20.8 Å². The maximum atomic E-state index is 14.9. The molecule has 0 aliphatic carbocycles. The second kappa shape index (κ2) is 8.08. The number of rotatable bonds is 4. The predicted molar refractivity (Wildman–Crippen MR) is 116 cm³/mol. The van der Waals surface area contributed by atoms with Crippen LogP contribution >= 0.6 is 12.2 Å². The molecule has 0 saturated carbocycles. The highest BCUT2D eigenvalue weighted by Gasteiger charge is 2.38. The zero-order valence-electron chi connectivity index (χ0n) is 16.1. The summed E-state index contributed by atoms with van der Waals surface area (Å²) in [5.74, 6) is -1.29. The van der Waals surface area contributed by atoms with Crippen LogP contribution < -0.4 is 11.1 Å². The van der Waals surface area contributed by atoms with Crippen LogP contribution in [-0.2, 0) is 9.53 Å². The molecule has 1 aromatic heterocycles. The van der Waals surface area contributed by atoms with Crippen LogP contribution in [0.1, 0.15) is 29.5 Å². The highest BCUT2D eigenvalue weighted by atomic mass is 32.1. The first-order valence-electron chi connectivity index (χ1n) is 9.39. The molecule has 30 heavy (non-hydrogen) atoms. The van der Waals surface area contributed by atoms with Crippen molar-refractivity contribution >= 4 is 35.5 Å². The summed E-state index contributed by atoms with van der Waals surface area (Å²) in [7, 11) is 0. The molecule has 1 aliphatic heterocycles. The normalized spacial score (nSPS) is 15.3. The number of fused-ring (bicyclic) bond motifs is 1. The Morgan fingerprint density at radius 3 is 2.60 bits per heavy atom. The van der Waals surface area contributed by atoms with Gasteiger partial charge in [-0.2, -0.15) is 0 Å². The van der Waals surface area contributed by atoms with Crippen molar-refractivity contribution in [3.63, 3.8) is 0 Å². The van der Waals surface area contributed by atoms with Crippen molar-refractivity contribution < 1.29 is 13.9 Å². The minimum atomic E-state index is -0.837.